The Morgan fingerprint density at radius 3 is 1.25 bits per heavy atom. The van der Waals surface area contributed by atoms with E-state index in [-0.39, 0.29) is 0 Å². The molecule has 0 spiro atoms. The van der Waals surface area contributed by atoms with Crippen molar-refractivity contribution >= 4 is 0 Å². The van der Waals surface area contributed by atoms with Gasteiger partial charge < -0.3 is 9.80 Å². The van der Waals surface area contributed by atoms with Gasteiger partial charge in [-0.05, 0) is 26.2 Å². The van der Waals surface area contributed by atoms with Gasteiger partial charge in [-0.15, -0.1) is 0 Å². The van der Waals surface area contributed by atoms with E-state index in [0.29, 0.717) is 6.17 Å². The average molecular weight is 449 g/mol. The Morgan fingerprint density at radius 2 is 0.812 bits per heavy atom. The molecule has 190 valence electrons. The normalized spacial score (nSPS) is 15.9. The minimum absolute atomic E-state index is 0.636. The van der Waals surface area contributed by atoms with Crippen LogP contribution in [0.15, 0.2) is 12.4 Å². The fourth-order valence-electron chi connectivity index (χ4n) is 5.20. The van der Waals surface area contributed by atoms with Gasteiger partial charge in [-0.2, -0.15) is 0 Å². The molecule has 0 fully saturated rings. The lowest BCUT2D eigenvalue weighted by atomic mass is 10.0. The molecular formula is C30H60N2. The molecule has 0 amide bonds. The van der Waals surface area contributed by atoms with Crippen LogP contribution in [0.3, 0.4) is 0 Å². The van der Waals surface area contributed by atoms with Gasteiger partial charge in [0.25, 0.3) is 0 Å². The van der Waals surface area contributed by atoms with E-state index in [1.165, 1.54) is 148 Å². The number of hydrogen-bond acceptors (Lipinski definition) is 2. The molecule has 1 atom stereocenters. The first-order valence-corrected chi connectivity index (χ1v) is 15.0. The summed E-state index contributed by atoms with van der Waals surface area (Å²) >= 11 is 0. The first kappa shape index (κ1) is 29.4. The van der Waals surface area contributed by atoms with Crippen molar-refractivity contribution in [3.8, 4) is 0 Å². The molecule has 0 aromatic rings. The Bertz CT molecular complexity index is 406. The lowest BCUT2D eigenvalue weighted by Crippen LogP contribution is -2.38. The number of hydrogen-bond donors (Lipinski definition) is 0. The van der Waals surface area contributed by atoms with E-state index in [1.807, 2.05) is 0 Å². The van der Waals surface area contributed by atoms with E-state index < -0.39 is 0 Å². The highest BCUT2D eigenvalue weighted by molar-refractivity contribution is 4.96. The van der Waals surface area contributed by atoms with Gasteiger partial charge in [0.15, 0.2) is 0 Å². The highest BCUT2D eigenvalue weighted by atomic mass is 15.4. The van der Waals surface area contributed by atoms with Gasteiger partial charge in [0.05, 0.1) is 0 Å². The van der Waals surface area contributed by atoms with Crippen molar-refractivity contribution < 1.29 is 0 Å². The van der Waals surface area contributed by atoms with Crippen molar-refractivity contribution in [3.05, 3.63) is 12.4 Å². The maximum absolute atomic E-state index is 2.64. The smallest absolute Gasteiger partial charge is 0.101 e. The summed E-state index contributed by atoms with van der Waals surface area (Å²) in [5, 5.41) is 0. The maximum Gasteiger partial charge on any atom is 0.101 e. The van der Waals surface area contributed by atoms with Gasteiger partial charge >= 0.3 is 0 Å². The molecule has 0 N–H and O–H groups in total. The quantitative estimate of drug-likeness (QED) is 0.135. The predicted octanol–water partition coefficient (Wildman–Crippen LogP) is 10.0. The first-order valence-electron chi connectivity index (χ1n) is 15.0. The van der Waals surface area contributed by atoms with Crippen LogP contribution in [0.1, 0.15) is 162 Å². The molecule has 1 aliphatic rings. The van der Waals surface area contributed by atoms with Gasteiger partial charge in [0.2, 0.25) is 0 Å². The Morgan fingerprint density at radius 1 is 0.438 bits per heavy atom. The molecule has 0 aromatic carbocycles. The molecule has 0 saturated heterocycles. The molecule has 0 aliphatic carbocycles. The SMILES string of the molecule is CCCCCCCCCCCCCN1C=CN(CC)C1CCCCCCCCCCCC. The van der Waals surface area contributed by atoms with Crippen LogP contribution in [0.5, 0.6) is 0 Å². The predicted molar refractivity (Wildman–Crippen MR) is 145 cm³/mol. The van der Waals surface area contributed by atoms with Crippen molar-refractivity contribution in [2.45, 2.75) is 168 Å². The van der Waals surface area contributed by atoms with E-state index in [1.54, 1.807) is 0 Å². The number of unbranched alkanes of at least 4 members (excludes halogenated alkanes) is 19. The fourth-order valence-corrected chi connectivity index (χ4v) is 5.20. The molecule has 1 unspecified atom stereocenters. The largest absolute Gasteiger partial charge is 0.356 e. The van der Waals surface area contributed by atoms with Gasteiger partial charge in [-0.1, -0.05) is 136 Å². The molecule has 0 aromatic heterocycles. The summed E-state index contributed by atoms with van der Waals surface area (Å²) in [5.74, 6) is 0. The monoisotopic (exact) mass is 448 g/mol. The third-order valence-electron chi connectivity index (χ3n) is 7.42. The van der Waals surface area contributed by atoms with Crippen molar-refractivity contribution in [2.75, 3.05) is 13.1 Å². The standard InChI is InChI=1S/C30H60N2/c1-4-7-9-11-13-15-17-19-21-23-25-27-32-29-28-31(6-3)30(32)26-24-22-20-18-16-14-12-10-8-5-2/h28-30H,4-27H2,1-3H3. The lowest BCUT2D eigenvalue weighted by molar-refractivity contribution is 0.142. The van der Waals surface area contributed by atoms with Crippen LogP contribution in [0.4, 0.5) is 0 Å². The molecule has 0 saturated carbocycles. The fraction of sp³-hybridized carbons (Fsp3) is 0.933. The maximum atomic E-state index is 2.64. The van der Waals surface area contributed by atoms with Crippen LogP contribution in [0.2, 0.25) is 0 Å². The van der Waals surface area contributed by atoms with Gasteiger partial charge in [0, 0.05) is 25.5 Å². The van der Waals surface area contributed by atoms with Crippen LogP contribution in [-0.2, 0) is 0 Å². The highest BCUT2D eigenvalue weighted by Crippen LogP contribution is 2.23. The summed E-state index contributed by atoms with van der Waals surface area (Å²) in [6.07, 6.45) is 36.8. The Kier molecular flexibility index (Phi) is 20.3. The molecule has 1 rings (SSSR count). The zero-order valence-corrected chi connectivity index (χ0v) is 22.6. The van der Waals surface area contributed by atoms with E-state index in [9.17, 15) is 0 Å². The van der Waals surface area contributed by atoms with Crippen LogP contribution >= 0.6 is 0 Å². The van der Waals surface area contributed by atoms with Crippen LogP contribution in [0.25, 0.3) is 0 Å². The zero-order valence-electron chi connectivity index (χ0n) is 22.6. The molecule has 1 aliphatic heterocycles. The van der Waals surface area contributed by atoms with Crippen LogP contribution in [-0.4, -0.2) is 29.1 Å². The minimum atomic E-state index is 0.636. The number of rotatable bonds is 24. The number of nitrogens with zero attached hydrogens (tertiary/aromatic N) is 2. The second-order valence-corrected chi connectivity index (χ2v) is 10.4. The van der Waals surface area contributed by atoms with Crippen LogP contribution < -0.4 is 0 Å². The summed E-state index contributed by atoms with van der Waals surface area (Å²) in [5.41, 5.74) is 0. The molecule has 0 bridgehead atoms. The first-order chi connectivity index (χ1) is 15.8. The summed E-state index contributed by atoms with van der Waals surface area (Å²) < 4.78 is 0. The molecule has 0 radical (unpaired) electrons. The molecule has 1 heterocycles. The van der Waals surface area contributed by atoms with Crippen molar-refractivity contribution in [3.63, 3.8) is 0 Å². The summed E-state index contributed by atoms with van der Waals surface area (Å²) in [6.45, 7) is 9.32. The van der Waals surface area contributed by atoms with E-state index in [2.05, 4.69) is 43.0 Å². The third-order valence-corrected chi connectivity index (χ3v) is 7.42. The summed E-state index contributed by atoms with van der Waals surface area (Å²) in [4.78, 5) is 5.21. The van der Waals surface area contributed by atoms with Crippen molar-refractivity contribution in [1.29, 1.82) is 0 Å². The third kappa shape index (κ3) is 15.2. The topological polar surface area (TPSA) is 6.48 Å². The Balaban J connectivity index is 2.01. The average Bonchev–Trinajstić information content (AvgIpc) is 3.20. The van der Waals surface area contributed by atoms with Crippen molar-refractivity contribution in [2.24, 2.45) is 0 Å². The van der Waals surface area contributed by atoms with Crippen LogP contribution in [0, 0.1) is 0 Å². The zero-order chi connectivity index (χ0) is 23.1. The van der Waals surface area contributed by atoms with E-state index >= 15 is 0 Å². The highest BCUT2D eigenvalue weighted by Gasteiger charge is 2.23. The minimum Gasteiger partial charge on any atom is -0.356 e. The summed E-state index contributed by atoms with van der Waals surface area (Å²) in [6, 6.07) is 0. The van der Waals surface area contributed by atoms with E-state index in [4.69, 9.17) is 0 Å². The molecular weight excluding hydrogens is 388 g/mol. The van der Waals surface area contributed by atoms with Gasteiger partial charge in [-0.3, -0.25) is 0 Å². The van der Waals surface area contributed by atoms with Crippen molar-refractivity contribution in [1.82, 2.24) is 9.80 Å². The Labute approximate surface area is 203 Å². The summed E-state index contributed by atoms with van der Waals surface area (Å²) in [7, 11) is 0. The second kappa shape index (κ2) is 22.1. The Hall–Kier alpha value is -0.660. The van der Waals surface area contributed by atoms with Gasteiger partial charge in [-0.25, -0.2) is 0 Å². The van der Waals surface area contributed by atoms with E-state index in [0.717, 1.165) is 6.54 Å². The molecule has 32 heavy (non-hydrogen) atoms. The lowest BCUT2D eigenvalue weighted by Gasteiger charge is -2.32. The second-order valence-electron chi connectivity index (χ2n) is 10.4. The molecule has 2 nitrogen and oxygen atoms in total. The molecule has 2 heteroatoms. The van der Waals surface area contributed by atoms with Gasteiger partial charge in [0.1, 0.15) is 6.17 Å².